The van der Waals surface area contributed by atoms with Gasteiger partial charge in [-0.2, -0.15) is 0 Å². The molecule has 3 aromatic rings. The molecule has 1 aromatic heterocycles. The van der Waals surface area contributed by atoms with Gasteiger partial charge in [0.05, 0.1) is 23.0 Å². The van der Waals surface area contributed by atoms with Gasteiger partial charge in [0.25, 0.3) is 5.56 Å². The van der Waals surface area contributed by atoms with Gasteiger partial charge in [0, 0.05) is 17.4 Å². The lowest BCUT2D eigenvalue weighted by atomic mass is 10.3. The molecular formula is C20H18BrN3O3S. The number of nitrogens with one attached hydrogen (secondary N) is 1. The number of aryl methyl sites for hydroxylation is 1. The van der Waals surface area contributed by atoms with E-state index in [-0.39, 0.29) is 17.2 Å². The third-order valence-corrected chi connectivity index (χ3v) is 5.36. The van der Waals surface area contributed by atoms with Crippen LogP contribution in [0.3, 0.4) is 0 Å². The molecule has 8 heteroatoms. The molecule has 1 amide bonds. The third-order valence-electron chi connectivity index (χ3n) is 3.80. The maximum atomic E-state index is 12.5. The maximum Gasteiger partial charge on any atom is 0.258 e. The SMILES string of the molecule is COc1ccc(NC(=O)CSc2nc(C)cc(=O)n2-c2ccccc2)cc1Br. The first kappa shape index (κ1) is 20.2. The summed E-state index contributed by atoms with van der Waals surface area (Å²) in [6.45, 7) is 1.76. The van der Waals surface area contributed by atoms with Crippen LogP contribution in [0.5, 0.6) is 5.75 Å². The van der Waals surface area contributed by atoms with Crippen molar-refractivity contribution in [3.8, 4) is 11.4 Å². The molecule has 0 fully saturated rings. The summed E-state index contributed by atoms with van der Waals surface area (Å²) in [5, 5.41) is 3.31. The third kappa shape index (κ3) is 4.82. The first-order valence-corrected chi connectivity index (χ1v) is 10.2. The Morgan fingerprint density at radius 3 is 2.64 bits per heavy atom. The number of thioether (sulfide) groups is 1. The Morgan fingerprint density at radius 2 is 1.96 bits per heavy atom. The number of hydrogen-bond donors (Lipinski definition) is 1. The van der Waals surface area contributed by atoms with Gasteiger partial charge in [0.1, 0.15) is 5.75 Å². The van der Waals surface area contributed by atoms with Gasteiger partial charge in [-0.3, -0.25) is 14.2 Å². The molecule has 0 saturated heterocycles. The van der Waals surface area contributed by atoms with Crippen LogP contribution in [0.1, 0.15) is 5.69 Å². The minimum Gasteiger partial charge on any atom is -0.496 e. The van der Waals surface area contributed by atoms with E-state index in [4.69, 9.17) is 4.74 Å². The predicted molar refractivity (Wildman–Crippen MR) is 115 cm³/mol. The monoisotopic (exact) mass is 459 g/mol. The Morgan fingerprint density at radius 1 is 1.21 bits per heavy atom. The van der Waals surface area contributed by atoms with Crippen LogP contribution in [0.15, 0.2) is 69.0 Å². The van der Waals surface area contributed by atoms with Gasteiger partial charge in [-0.25, -0.2) is 4.98 Å². The molecule has 144 valence electrons. The number of amides is 1. The number of benzene rings is 2. The molecule has 2 aromatic carbocycles. The van der Waals surface area contributed by atoms with E-state index in [2.05, 4.69) is 26.2 Å². The number of anilines is 1. The molecule has 0 aliphatic heterocycles. The molecular weight excluding hydrogens is 442 g/mol. The number of nitrogens with zero attached hydrogens (tertiary/aromatic N) is 2. The summed E-state index contributed by atoms with van der Waals surface area (Å²) < 4.78 is 7.44. The van der Waals surface area contributed by atoms with E-state index < -0.39 is 0 Å². The smallest absolute Gasteiger partial charge is 0.258 e. The molecule has 0 aliphatic rings. The van der Waals surface area contributed by atoms with Crippen molar-refractivity contribution in [3.63, 3.8) is 0 Å². The highest BCUT2D eigenvalue weighted by molar-refractivity contribution is 9.10. The summed E-state index contributed by atoms with van der Waals surface area (Å²) in [5.41, 5.74) is 1.79. The lowest BCUT2D eigenvalue weighted by Gasteiger charge is -2.12. The summed E-state index contributed by atoms with van der Waals surface area (Å²) in [6, 6.07) is 16.0. The van der Waals surface area contributed by atoms with Gasteiger partial charge in [-0.05, 0) is 53.2 Å². The molecule has 1 N–H and O–H groups in total. The lowest BCUT2D eigenvalue weighted by molar-refractivity contribution is -0.113. The van der Waals surface area contributed by atoms with E-state index in [1.807, 2.05) is 30.3 Å². The van der Waals surface area contributed by atoms with E-state index in [0.717, 1.165) is 4.47 Å². The van der Waals surface area contributed by atoms with Crippen LogP contribution in [-0.4, -0.2) is 28.3 Å². The highest BCUT2D eigenvalue weighted by atomic mass is 79.9. The molecule has 6 nitrogen and oxygen atoms in total. The van der Waals surface area contributed by atoms with Gasteiger partial charge in [-0.15, -0.1) is 0 Å². The highest BCUT2D eigenvalue weighted by Gasteiger charge is 2.13. The summed E-state index contributed by atoms with van der Waals surface area (Å²) in [7, 11) is 1.58. The summed E-state index contributed by atoms with van der Waals surface area (Å²) in [5.74, 6) is 0.604. The second kappa shape index (κ2) is 9.07. The van der Waals surface area contributed by atoms with Crippen LogP contribution in [0.25, 0.3) is 5.69 Å². The first-order valence-electron chi connectivity index (χ1n) is 8.40. The van der Waals surface area contributed by atoms with Crippen LogP contribution in [0, 0.1) is 6.92 Å². The van der Waals surface area contributed by atoms with Gasteiger partial charge in [-0.1, -0.05) is 30.0 Å². The fourth-order valence-electron chi connectivity index (χ4n) is 2.55. The number of halogens is 1. The van der Waals surface area contributed by atoms with Crippen molar-refractivity contribution >= 4 is 39.3 Å². The fourth-order valence-corrected chi connectivity index (χ4v) is 3.96. The molecule has 1 heterocycles. The normalized spacial score (nSPS) is 10.5. The molecule has 3 rings (SSSR count). The molecule has 0 saturated carbocycles. The molecule has 28 heavy (non-hydrogen) atoms. The molecule has 0 bridgehead atoms. The lowest BCUT2D eigenvalue weighted by Crippen LogP contribution is -2.22. The number of para-hydroxylation sites is 1. The summed E-state index contributed by atoms with van der Waals surface area (Å²) >= 11 is 4.61. The van der Waals surface area contributed by atoms with Crippen molar-refractivity contribution < 1.29 is 9.53 Å². The average Bonchev–Trinajstić information content (AvgIpc) is 2.67. The summed E-state index contributed by atoms with van der Waals surface area (Å²) in [4.78, 5) is 29.3. The average molecular weight is 460 g/mol. The van der Waals surface area contributed by atoms with Crippen molar-refractivity contribution in [2.45, 2.75) is 12.1 Å². The maximum absolute atomic E-state index is 12.5. The van der Waals surface area contributed by atoms with E-state index >= 15 is 0 Å². The van der Waals surface area contributed by atoms with Crippen molar-refractivity contribution in [1.82, 2.24) is 9.55 Å². The van der Waals surface area contributed by atoms with Crippen molar-refractivity contribution in [2.75, 3.05) is 18.2 Å². The van der Waals surface area contributed by atoms with E-state index in [1.54, 1.807) is 32.2 Å². The van der Waals surface area contributed by atoms with Crippen LogP contribution < -0.4 is 15.6 Å². The van der Waals surface area contributed by atoms with E-state index in [1.165, 1.54) is 22.4 Å². The Labute approximate surface area is 175 Å². The molecule has 0 radical (unpaired) electrons. The molecule has 0 atom stereocenters. The first-order chi connectivity index (χ1) is 13.5. The molecule has 0 spiro atoms. The number of carbonyl (C=O) groups is 1. The minimum absolute atomic E-state index is 0.117. The minimum atomic E-state index is -0.197. The molecule has 0 unspecified atom stereocenters. The zero-order chi connectivity index (χ0) is 20.1. The van der Waals surface area contributed by atoms with Gasteiger partial charge in [0.2, 0.25) is 5.91 Å². The van der Waals surface area contributed by atoms with Crippen molar-refractivity contribution in [2.24, 2.45) is 0 Å². The second-order valence-electron chi connectivity index (χ2n) is 5.88. The number of carbonyl (C=O) groups excluding carboxylic acids is 1. The quantitative estimate of drug-likeness (QED) is 0.444. The van der Waals surface area contributed by atoms with Crippen molar-refractivity contribution in [1.29, 1.82) is 0 Å². The number of ether oxygens (including phenoxy) is 1. The van der Waals surface area contributed by atoms with Gasteiger partial charge >= 0.3 is 0 Å². The van der Waals surface area contributed by atoms with Gasteiger partial charge in [0.15, 0.2) is 5.16 Å². The van der Waals surface area contributed by atoms with Crippen LogP contribution in [-0.2, 0) is 4.79 Å². The van der Waals surface area contributed by atoms with Crippen LogP contribution in [0.2, 0.25) is 0 Å². The largest absolute Gasteiger partial charge is 0.496 e. The predicted octanol–water partition coefficient (Wildman–Crippen LogP) is 4.04. The second-order valence-corrected chi connectivity index (χ2v) is 7.67. The Kier molecular flexibility index (Phi) is 6.53. The zero-order valence-electron chi connectivity index (χ0n) is 15.3. The standard InChI is InChI=1S/C20H18BrN3O3S/c1-13-10-19(26)24(15-6-4-3-5-7-15)20(22-13)28-12-18(25)23-14-8-9-17(27-2)16(21)11-14/h3-11H,12H2,1-2H3,(H,23,25). The highest BCUT2D eigenvalue weighted by Crippen LogP contribution is 2.28. The topological polar surface area (TPSA) is 73.2 Å². The van der Waals surface area contributed by atoms with Crippen LogP contribution >= 0.6 is 27.7 Å². The number of aromatic nitrogens is 2. The molecule has 0 aliphatic carbocycles. The fraction of sp³-hybridized carbons (Fsp3) is 0.150. The van der Waals surface area contributed by atoms with Crippen LogP contribution in [0.4, 0.5) is 5.69 Å². The van der Waals surface area contributed by atoms with E-state index in [9.17, 15) is 9.59 Å². The Balaban J connectivity index is 1.76. The Bertz CT molecular complexity index is 1050. The number of hydrogen-bond acceptors (Lipinski definition) is 5. The van der Waals surface area contributed by atoms with Crippen molar-refractivity contribution in [3.05, 3.63) is 75.1 Å². The summed E-state index contributed by atoms with van der Waals surface area (Å²) in [6.07, 6.45) is 0. The Hall–Kier alpha value is -2.58. The number of rotatable bonds is 6. The van der Waals surface area contributed by atoms with Gasteiger partial charge < -0.3 is 10.1 Å². The number of methoxy groups -OCH3 is 1. The van der Waals surface area contributed by atoms with E-state index in [0.29, 0.717) is 28.0 Å². The zero-order valence-corrected chi connectivity index (χ0v) is 17.7.